The van der Waals surface area contributed by atoms with E-state index in [4.69, 9.17) is 10.2 Å². The maximum atomic E-state index is 8.89. The standard InChI is InChI=1S/C7H13BrO2/c1-6(4-8)2-3-7(10)5-9/h2,7,9-10H,3-5H2,1H3/b6-2+. The molecule has 0 rings (SSSR count). The Morgan fingerprint density at radius 1 is 1.70 bits per heavy atom. The Bertz CT molecular complexity index is 112. The lowest BCUT2D eigenvalue weighted by Crippen LogP contribution is -2.10. The van der Waals surface area contributed by atoms with E-state index in [0.717, 1.165) is 5.33 Å². The number of hydrogen-bond donors (Lipinski definition) is 2. The fourth-order valence-electron chi connectivity index (χ4n) is 0.466. The van der Waals surface area contributed by atoms with Crippen LogP contribution in [-0.4, -0.2) is 28.3 Å². The van der Waals surface area contributed by atoms with Gasteiger partial charge >= 0.3 is 0 Å². The van der Waals surface area contributed by atoms with Crippen LogP contribution in [0.4, 0.5) is 0 Å². The Morgan fingerprint density at radius 2 is 2.30 bits per heavy atom. The normalized spacial score (nSPS) is 15.4. The molecule has 0 aliphatic rings. The van der Waals surface area contributed by atoms with Gasteiger partial charge in [0, 0.05) is 5.33 Å². The van der Waals surface area contributed by atoms with Crippen LogP contribution in [0.25, 0.3) is 0 Å². The first kappa shape index (κ1) is 10.1. The summed E-state index contributed by atoms with van der Waals surface area (Å²) >= 11 is 3.27. The van der Waals surface area contributed by atoms with Gasteiger partial charge in [-0.1, -0.05) is 27.6 Å². The van der Waals surface area contributed by atoms with E-state index in [0.29, 0.717) is 6.42 Å². The molecular weight excluding hydrogens is 196 g/mol. The van der Waals surface area contributed by atoms with Crippen molar-refractivity contribution in [2.45, 2.75) is 19.4 Å². The molecule has 0 spiro atoms. The van der Waals surface area contributed by atoms with E-state index in [1.165, 1.54) is 5.57 Å². The molecule has 0 amide bonds. The van der Waals surface area contributed by atoms with Gasteiger partial charge in [-0.3, -0.25) is 0 Å². The zero-order chi connectivity index (χ0) is 7.98. The summed E-state index contributed by atoms with van der Waals surface area (Å²) in [6.45, 7) is 1.81. The van der Waals surface area contributed by atoms with Crippen molar-refractivity contribution in [3.05, 3.63) is 11.6 Å². The van der Waals surface area contributed by atoms with Crippen molar-refractivity contribution >= 4 is 15.9 Å². The Labute approximate surface area is 69.7 Å². The number of alkyl halides is 1. The first-order valence-corrected chi connectivity index (χ1v) is 4.33. The maximum Gasteiger partial charge on any atom is 0.0805 e. The summed E-state index contributed by atoms with van der Waals surface area (Å²) in [4.78, 5) is 0. The van der Waals surface area contributed by atoms with E-state index in [9.17, 15) is 0 Å². The van der Waals surface area contributed by atoms with Crippen molar-refractivity contribution in [2.24, 2.45) is 0 Å². The third-order valence-electron chi connectivity index (χ3n) is 1.16. The number of aliphatic hydroxyl groups is 2. The highest BCUT2D eigenvalue weighted by atomic mass is 79.9. The van der Waals surface area contributed by atoms with Crippen LogP contribution in [0.5, 0.6) is 0 Å². The third-order valence-corrected chi connectivity index (χ3v) is 2.04. The summed E-state index contributed by atoms with van der Waals surface area (Å²) in [6, 6.07) is 0. The van der Waals surface area contributed by atoms with Crippen molar-refractivity contribution in [2.75, 3.05) is 11.9 Å². The van der Waals surface area contributed by atoms with E-state index < -0.39 is 6.10 Å². The lowest BCUT2D eigenvalue weighted by atomic mass is 10.2. The van der Waals surface area contributed by atoms with Crippen LogP contribution in [0.2, 0.25) is 0 Å². The molecule has 3 heteroatoms. The lowest BCUT2D eigenvalue weighted by Gasteiger charge is -2.02. The van der Waals surface area contributed by atoms with Crippen molar-refractivity contribution in [3.63, 3.8) is 0 Å². The SMILES string of the molecule is C/C(=C\CC(O)CO)CBr. The molecule has 0 radical (unpaired) electrons. The summed E-state index contributed by atoms with van der Waals surface area (Å²) in [5, 5.41) is 18.1. The molecule has 0 aromatic heterocycles. The molecule has 2 N–H and O–H groups in total. The molecule has 10 heavy (non-hydrogen) atoms. The van der Waals surface area contributed by atoms with E-state index >= 15 is 0 Å². The minimum atomic E-state index is -0.603. The highest BCUT2D eigenvalue weighted by molar-refractivity contribution is 9.09. The van der Waals surface area contributed by atoms with Crippen LogP contribution < -0.4 is 0 Å². The highest BCUT2D eigenvalue weighted by Crippen LogP contribution is 2.01. The lowest BCUT2D eigenvalue weighted by molar-refractivity contribution is 0.0974. The van der Waals surface area contributed by atoms with Crippen LogP contribution in [0.1, 0.15) is 13.3 Å². The van der Waals surface area contributed by atoms with E-state index in [1.807, 2.05) is 13.0 Å². The van der Waals surface area contributed by atoms with E-state index in [2.05, 4.69) is 15.9 Å². The average molecular weight is 209 g/mol. The molecule has 0 saturated heterocycles. The molecule has 1 unspecified atom stereocenters. The third kappa shape index (κ3) is 4.97. The van der Waals surface area contributed by atoms with Crippen LogP contribution in [0, 0.1) is 0 Å². The quantitative estimate of drug-likeness (QED) is 0.537. The smallest absolute Gasteiger partial charge is 0.0805 e. The first-order valence-electron chi connectivity index (χ1n) is 3.21. The number of hydrogen-bond acceptors (Lipinski definition) is 2. The topological polar surface area (TPSA) is 40.5 Å². The van der Waals surface area contributed by atoms with Gasteiger partial charge in [-0.25, -0.2) is 0 Å². The predicted molar refractivity (Wildman–Crippen MR) is 45.3 cm³/mol. The fraction of sp³-hybridized carbons (Fsp3) is 0.714. The molecule has 0 aliphatic heterocycles. The van der Waals surface area contributed by atoms with E-state index in [-0.39, 0.29) is 6.61 Å². The van der Waals surface area contributed by atoms with Crippen LogP contribution >= 0.6 is 15.9 Å². The molecule has 0 aliphatic carbocycles. The van der Waals surface area contributed by atoms with Crippen LogP contribution in [0.15, 0.2) is 11.6 Å². The number of rotatable bonds is 4. The highest BCUT2D eigenvalue weighted by Gasteiger charge is 1.97. The van der Waals surface area contributed by atoms with Crippen molar-refractivity contribution in [1.82, 2.24) is 0 Å². The molecule has 60 valence electrons. The Hall–Kier alpha value is 0.140. The second-order valence-electron chi connectivity index (χ2n) is 2.26. The molecule has 0 aromatic rings. The minimum Gasteiger partial charge on any atom is -0.394 e. The van der Waals surface area contributed by atoms with E-state index in [1.54, 1.807) is 0 Å². The zero-order valence-electron chi connectivity index (χ0n) is 6.05. The van der Waals surface area contributed by atoms with Crippen LogP contribution in [-0.2, 0) is 0 Å². The summed E-state index contributed by atoms with van der Waals surface area (Å²) in [7, 11) is 0. The molecule has 0 aromatic carbocycles. The number of allylic oxidation sites excluding steroid dienone is 1. The molecule has 0 saturated carbocycles. The minimum absolute atomic E-state index is 0.161. The average Bonchev–Trinajstić information content (AvgIpc) is 1.99. The van der Waals surface area contributed by atoms with Gasteiger partial charge in [0.25, 0.3) is 0 Å². The number of halogens is 1. The molecule has 0 bridgehead atoms. The van der Waals surface area contributed by atoms with Gasteiger partial charge in [-0.15, -0.1) is 0 Å². The Morgan fingerprint density at radius 3 is 2.70 bits per heavy atom. The van der Waals surface area contributed by atoms with Gasteiger partial charge in [0.1, 0.15) is 0 Å². The van der Waals surface area contributed by atoms with Crippen molar-refractivity contribution in [3.8, 4) is 0 Å². The molecule has 2 nitrogen and oxygen atoms in total. The van der Waals surface area contributed by atoms with Gasteiger partial charge in [0.05, 0.1) is 12.7 Å². The predicted octanol–water partition coefficient (Wildman–Crippen LogP) is 1.07. The molecule has 0 fully saturated rings. The second kappa shape index (κ2) is 5.89. The largest absolute Gasteiger partial charge is 0.394 e. The second-order valence-corrected chi connectivity index (χ2v) is 2.82. The summed E-state index contributed by atoms with van der Waals surface area (Å²) in [6.07, 6.45) is 1.85. The maximum absolute atomic E-state index is 8.89. The monoisotopic (exact) mass is 208 g/mol. The van der Waals surface area contributed by atoms with Gasteiger partial charge in [0.15, 0.2) is 0 Å². The Balaban J connectivity index is 3.50. The van der Waals surface area contributed by atoms with Crippen molar-refractivity contribution < 1.29 is 10.2 Å². The zero-order valence-corrected chi connectivity index (χ0v) is 7.63. The molecule has 0 heterocycles. The van der Waals surface area contributed by atoms with Gasteiger partial charge < -0.3 is 10.2 Å². The summed E-state index contributed by atoms with van der Waals surface area (Å²) in [5.74, 6) is 0. The summed E-state index contributed by atoms with van der Waals surface area (Å²) in [5.41, 5.74) is 1.17. The van der Waals surface area contributed by atoms with Gasteiger partial charge in [-0.05, 0) is 13.3 Å². The van der Waals surface area contributed by atoms with Gasteiger partial charge in [0.2, 0.25) is 0 Å². The fourth-order valence-corrected chi connectivity index (χ4v) is 0.695. The first-order chi connectivity index (χ1) is 4.70. The number of aliphatic hydroxyl groups excluding tert-OH is 2. The molecular formula is C7H13BrO2. The van der Waals surface area contributed by atoms with Crippen LogP contribution in [0.3, 0.4) is 0 Å². The Kier molecular flexibility index (Phi) is 5.97. The molecule has 1 atom stereocenters. The summed E-state index contributed by atoms with van der Waals surface area (Å²) < 4.78 is 0. The van der Waals surface area contributed by atoms with Crippen molar-refractivity contribution in [1.29, 1.82) is 0 Å². The van der Waals surface area contributed by atoms with Gasteiger partial charge in [-0.2, -0.15) is 0 Å².